The van der Waals surface area contributed by atoms with Crippen LogP contribution in [0.3, 0.4) is 0 Å². The average molecular weight is 543 g/mol. The van der Waals surface area contributed by atoms with Crippen molar-refractivity contribution >= 4 is 22.5 Å². The molecule has 0 saturated carbocycles. The molecule has 0 aliphatic carbocycles. The molecule has 41 heavy (non-hydrogen) atoms. The lowest BCUT2D eigenvalue weighted by atomic mass is 9.91. The predicted molar refractivity (Wildman–Crippen MR) is 155 cm³/mol. The molecule has 9 heteroatoms. The maximum Gasteiger partial charge on any atom is 0.269 e. The minimum Gasteiger partial charge on any atom is -0.480 e. The van der Waals surface area contributed by atoms with E-state index in [1.807, 2.05) is 60.7 Å². The van der Waals surface area contributed by atoms with Gasteiger partial charge in [-0.3, -0.25) is 4.79 Å². The molecular weight excluding hydrogens is 516 g/mol. The van der Waals surface area contributed by atoms with E-state index in [9.17, 15) is 9.90 Å². The first-order valence-corrected chi connectivity index (χ1v) is 13.0. The van der Waals surface area contributed by atoms with Gasteiger partial charge >= 0.3 is 0 Å². The minimum atomic E-state index is -2.13. The minimum absolute atomic E-state index is 0.178. The molecule has 6 rings (SSSR count). The third-order valence-electron chi connectivity index (χ3n) is 6.91. The van der Waals surface area contributed by atoms with Gasteiger partial charge in [0.15, 0.2) is 5.82 Å². The molecular formula is C32H26N6O3. The summed E-state index contributed by atoms with van der Waals surface area (Å²) in [5, 5.41) is 24.3. The van der Waals surface area contributed by atoms with Crippen molar-refractivity contribution in [1.82, 2.24) is 24.7 Å². The van der Waals surface area contributed by atoms with Crippen LogP contribution >= 0.6 is 0 Å². The third-order valence-corrected chi connectivity index (χ3v) is 6.91. The Labute approximate surface area is 236 Å². The van der Waals surface area contributed by atoms with Crippen LogP contribution in [-0.4, -0.2) is 42.9 Å². The summed E-state index contributed by atoms with van der Waals surface area (Å²) < 4.78 is 7.25. The van der Waals surface area contributed by atoms with Gasteiger partial charge in [0.25, 0.3) is 5.91 Å². The van der Waals surface area contributed by atoms with Crippen LogP contribution in [0, 0.1) is 0 Å². The number of ether oxygens (including phenoxy) is 1. The lowest BCUT2D eigenvalue weighted by Gasteiger charge is -2.28. The van der Waals surface area contributed by atoms with Gasteiger partial charge in [-0.05, 0) is 17.7 Å². The smallest absolute Gasteiger partial charge is 0.269 e. The fraction of sp³-hybridized carbons (Fsp3) is 0.0938. The van der Waals surface area contributed by atoms with Crippen LogP contribution in [0.2, 0.25) is 0 Å². The number of carbonyl (C=O) groups excluding carboxylic acids is 1. The molecule has 0 saturated heterocycles. The van der Waals surface area contributed by atoms with E-state index in [0.29, 0.717) is 17.7 Å². The molecule has 9 nitrogen and oxygen atoms in total. The number of amides is 1. The van der Waals surface area contributed by atoms with Crippen molar-refractivity contribution in [1.29, 1.82) is 0 Å². The SMILES string of the molecule is COc1ncc(-c2cnnc3ccccc23)cc1NC(=O)C(O)(c1ccccc1)c1nccn1Cc1ccccc1. The van der Waals surface area contributed by atoms with Gasteiger partial charge in [-0.2, -0.15) is 10.2 Å². The molecule has 0 bridgehead atoms. The molecule has 2 N–H and O–H groups in total. The molecule has 3 heterocycles. The number of anilines is 1. The van der Waals surface area contributed by atoms with Crippen molar-refractivity contribution in [2.24, 2.45) is 0 Å². The molecule has 0 fully saturated rings. The van der Waals surface area contributed by atoms with Crippen LogP contribution in [0.25, 0.3) is 22.0 Å². The molecule has 3 aromatic heterocycles. The van der Waals surface area contributed by atoms with Gasteiger partial charge in [-0.25, -0.2) is 9.97 Å². The van der Waals surface area contributed by atoms with E-state index >= 15 is 0 Å². The fourth-order valence-corrected chi connectivity index (χ4v) is 4.88. The summed E-state index contributed by atoms with van der Waals surface area (Å²) in [7, 11) is 1.47. The quantitative estimate of drug-likeness (QED) is 0.283. The summed E-state index contributed by atoms with van der Waals surface area (Å²) in [6, 6.07) is 27.9. The lowest BCUT2D eigenvalue weighted by molar-refractivity contribution is -0.131. The van der Waals surface area contributed by atoms with Crippen molar-refractivity contribution in [2.45, 2.75) is 12.1 Å². The standard InChI is InChI=1S/C32H26N6O3/c1-41-29-28(18-23(19-34-29)26-20-35-37-27-15-9-8-14-25(26)27)36-31(39)32(40,24-12-6-3-7-13-24)30-33-16-17-38(30)21-22-10-4-2-5-11-22/h2-20,40H,21H2,1H3,(H,36,39). The number of hydrogen-bond acceptors (Lipinski definition) is 7. The van der Waals surface area contributed by atoms with E-state index in [0.717, 1.165) is 22.0 Å². The topological polar surface area (TPSA) is 115 Å². The molecule has 0 aliphatic heterocycles. The summed E-state index contributed by atoms with van der Waals surface area (Å²) >= 11 is 0. The normalized spacial score (nSPS) is 12.5. The van der Waals surface area contributed by atoms with Crippen molar-refractivity contribution in [3.63, 3.8) is 0 Å². The maximum absolute atomic E-state index is 14.1. The second-order valence-electron chi connectivity index (χ2n) is 9.45. The van der Waals surface area contributed by atoms with Crippen molar-refractivity contribution in [2.75, 3.05) is 12.4 Å². The van der Waals surface area contributed by atoms with E-state index in [2.05, 4.69) is 25.5 Å². The van der Waals surface area contributed by atoms with E-state index in [4.69, 9.17) is 4.74 Å². The Balaban J connectivity index is 1.42. The van der Waals surface area contributed by atoms with Crippen LogP contribution in [-0.2, 0) is 16.9 Å². The van der Waals surface area contributed by atoms with Gasteiger partial charge in [-0.15, -0.1) is 0 Å². The number of hydrogen-bond donors (Lipinski definition) is 2. The third kappa shape index (κ3) is 4.90. The van der Waals surface area contributed by atoms with Crippen LogP contribution in [0.15, 0.2) is 116 Å². The van der Waals surface area contributed by atoms with Gasteiger partial charge < -0.3 is 19.7 Å². The van der Waals surface area contributed by atoms with E-state index in [-0.39, 0.29) is 17.4 Å². The first-order valence-electron chi connectivity index (χ1n) is 13.0. The second kappa shape index (κ2) is 11.0. The molecule has 0 radical (unpaired) electrons. The first kappa shape index (κ1) is 25.8. The Morgan fingerprint density at radius 3 is 2.46 bits per heavy atom. The van der Waals surface area contributed by atoms with Crippen LogP contribution < -0.4 is 10.1 Å². The zero-order valence-electron chi connectivity index (χ0n) is 22.2. The van der Waals surface area contributed by atoms with Crippen molar-refractivity contribution < 1.29 is 14.6 Å². The zero-order valence-corrected chi connectivity index (χ0v) is 22.2. The summed E-state index contributed by atoms with van der Waals surface area (Å²) in [6.07, 6.45) is 6.61. The number of pyridine rings is 1. The molecule has 0 aliphatic rings. The van der Waals surface area contributed by atoms with Gasteiger partial charge in [0, 0.05) is 47.2 Å². The lowest BCUT2D eigenvalue weighted by Crippen LogP contribution is -2.43. The summed E-state index contributed by atoms with van der Waals surface area (Å²) in [4.78, 5) is 23.0. The maximum atomic E-state index is 14.1. The highest BCUT2D eigenvalue weighted by molar-refractivity contribution is 6.01. The van der Waals surface area contributed by atoms with Crippen molar-refractivity contribution in [3.8, 4) is 17.0 Å². The Hall–Kier alpha value is -5.41. The number of benzene rings is 3. The van der Waals surface area contributed by atoms with Crippen LogP contribution in [0.1, 0.15) is 17.0 Å². The highest BCUT2D eigenvalue weighted by atomic mass is 16.5. The average Bonchev–Trinajstić information content (AvgIpc) is 3.49. The van der Waals surface area contributed by atoms with Crippen LogP contribution in [0.4, 0.5) is 5.69 Å². The molecule has 1 unspecified atom stereocenters. The molecule has 0 spiro atoms. The first-order chi connectivity index (χ1) is 20.1. The number of nitrogens with one attached hydrogen (secondary N) is 1. The predicted octanol–water partition coefficient (Wildman–Crippen LogP) is 4.82. The number of imidazole rings is 1. The Morgan fingerprint density at radius 2 is 1.68 bits per heavy atom. The van der Waals surface area contributed by atoms with Gasteiger partial charge in [0.1, 0.15) is 5.69 Å². The Kier molecular flexibility index (Phi) is 6.93. The molecule has 1 atom stereocenters. The molecule has 3 aromatic carbocycles. The highest BCUT2D eigenvalue weighted by Crippen LogP contribution is 2.35. The van der Waals surface area contributed by atoms with E-state index < -0.39 is 11.5 Å². The number of aromatic nitrogens is 5. The summed E-state index contributed by atoms with van der Waals surface area (Å²) in [5.41, 5.74) is 1.73. The molecule has 1 amide bonds. The number of nitrogens with zero attached hydrogens (tertiary/aromatic N) is 5. The summed E-state index contributed by atoms with van der Waals surface area (Å²) in [6.45, 7) is 0.418. The number of carbonyl (C=O) groups is 1. The molecule has 6 aromatic rings. The van der Waals surface area contributed by atoms with Gasteiger partial charge in [-0.1, -0.05) is 78.9 Å². The molecule has 202 valence electrons. The Morgan fingerprint density at radius 1 is 0.951 bits per heavy atom. The van der Waals surface area contributed by atoms with Gasteiger partial charge in [0.2, 0.25) is 11.5 Å². The van der Waals surface area contributed by atoms with Gasteiger partial charge in [0.05, 0.1) is 18.8 Å². The number of fused-ring (bicyclic) bond motifs is 1. The monoisotopic (exact) mass is 542 g/mol. The number of aliphatic hydroxyl groups is 1. The highest BCUT2D eigenvalue weighted by Gasteiger charge is 2.44. The van der Waals surface area contributed by atoms with E-state index in [1.165, 1.54) is 7.11 Å². The largest absolute Gasteiger partial charge is 0.480 e. The van der Waals surface area contributed by atoms with Crippen LogP contribution in [0.5, 0.6) is 5.88 Å². The Bertz CT molecular complexity index is 1820. The second-order valence-corrected chi connectivity index (χ2v) is 9.45. The number of methoxy groups -OCH3 is 1. The van der Waals surface area contributed by atoms with E-state index in [1.54, 1.807) is 59.7 Å². The zero-order chi connectivity index (χ0) is 28.2. The summed E-state index contributed by atoms with van der Waals surface area (Å²) in [5.74, 6) is -0.340. The van der Waals surface area contributed by atoms with Crippen molar-refractivity contribution in [3.05, 3.63) is 133 Å². The number of rotatable bonds is 8. The fourth-order valence-electron chi connectivity index (χ4n) is 4.88.